The molecule has 1 aromatic rings. The van der Waals surface area contributed by atoms with Crippen molar-refractivity contribution in [3.63, 3.8) is 0 Å². The lowest BCUT2D eigenvalue weighted by molar-refractivity contribution is 0.0906. The summed E-state index contributed by atoms with van der Waals surface area (Å²) in [5.74, 6) is -0.258. The molecule has 1 amide bonds. The Morgan fingerprint density at radius 3 is 2.94 bits per heavy atom. The number of nitrogens with one attached hydrogen (secondary N) is 1. The molecule has 0 fully saturated rings. The van der Waals surface area contributed by atoms with Crippen molar-refractivity contribution < 1.29 is 9.90 Å². The molecule has 7 heteroatoms. The number of thiazole rings is 1. The summed E-state index contributed by atoms with van der Waals surface area (Å²) < 4.78 is 0. The largest absolute Gasteiger partial charge is 0.391 e. The number of carbonyl (C=O) groups excluding carboxylic acids is 1. The Morgan fingerprint density at radius 1 is 1.71 bits per heavy atom. The standard InChI is InChI=1S/C10H17N3O2S.ClH/c1-2-3-7(14)5-12-10(15)8-6-16-9(4-11)13-8;/h6-7,14H,2-5,11H2,1H3,(H,12,15);1H. The van der Waals surface area contributed by atoms with E-state index in [1.165, 1.54) is 11.3 Å². The van der Waals surface area contributed by atoms with Crippen molar-refractivity contribution in [3.8, 4) is 0 Å². The first-order chi connectivity index (χ1) is 7.67. The number of rotatable bonds is 6. The normalized spacial score (nSPS) is 11.7. The van der Waals surface area contributed by atoms with Crippen LogP contribution in [0, 0.1) is 0 Å². The van der Waals surface area contributed by atoms with Crippen LogP contribution >= 0.6 is 23.7 Å². The van der Waals surface area contributed by atoms with E-state index in [0.29, 0.717) is 18.7 Å². The highest BCUT2D eigenvalue weighted by Gasteiger charge is 2.11. The zero-order chi connectivity index (χ0) is 12.0. The highest BCUT2D eigenvalue weighted by molar-refractivity contribution is 7.09. The Morgan fingerprint density at radius 2 is 2.41 bits per heavy atom. The predicted molar refractivity (Wildman–Crippen MR) is 70.5 cm³/mol. The molecular weight excluding hydrogens is 262 g/mol. The van der Waals surface area contributed by atoms with Gasteiger partial charge in [0.25, 0.3) is 5.91 Å². The van der Waals surface area contributed by atoms with E-state index in [9.17, 15) is 9.90 Å². The Kier molecular flexibility index (Phi) is 8.07. The summed E-state index contributed by atoms with van der Waals surface area (Å²) in [6.45, 7) is 2.59. The molecule has 4 N–H and O–H groups in total. The van der Waals surface area contributed by atoms with Crippen molar-refractivity contribution in [3.05, 3.63) is 16.1 Å². The van der Waals surface area contributed by atoms with E-state index in [4.69, 9.17) is 5.73 Å². The number of aromatic nitrogens is 1. The Hall–Kier alpha value is -0.690. The molecule has 0 aliphatic rings. The number of nitrogens with zero attached hydrogens (tertiary/aromatic N) is 1. The van der Waals surface area contributed by atoms with Crippen LogP contribution in [-0.4, -0.2) is 28.6 Å². The minimum Gasteiger partial charge on any atom is -0.391 e. The predicted octanol–water partition coefficient (Wildman–Crippen LogP) is 0.914. The lowest BCUT2D eigenvalue weighted by Crippen LogP contribution is -2.32. The third-order valence-electron chi connectivity index (χ3n) is 2.08. The van der Waals surface area contributed by atoms with Crippen molar-refractivity contribution in [2.75, 3.05) is 6.54 Å². The molecule has 0 saturated carbocycles. The monoisotopic (exact) mass is 279 g/mol. The summed E-state index contributed by atoms with van der Waals surface area (Å²) in [5, 5.41) is 14.5. The van der Waals surface area contributed by atoms with Crippen LogP contribution in [0.1, 0.15) is 35.3 Å². The molecule has 1 atom stereocenters. The Bertz CT molecular complexity index is 346. The molecule has 0 spiro atoms. The second-order valence-electron chi connectivity index (χ2n) is 3.48. The molecule has 1 unspecified atom stereocenters. The second kappa shape index (κ2) is 8.41. The van der Waals surface area contributed by atoms with Crippen LogP contribution in [0.15, 0.2) is 5.38 Å². The summed E-state index contributed by atoms with van der Waals surface area (Å²) >= 11 is 1.36. The van der Waals surface area contributed by atoms with Crippen LogP contribution in [0.3, 0.4) is 0 Å². The van der Waals surface area contributed by atoms with Crippen molar-refractivity contribution in [1.82, 2.24) is 10.3 Å². The number of aliphatic hydroxyl groups is 1. The van der Waals surface area contributed by atoms with E-state index in [-0.39, 0.29) is 24.9 Å². The van der Waals surface area contributed by atoms with E-state index in [1.54, 1.807) is 5.38 Å². The van der Waals surface area contributed by atoms with Crippen molar-refractivity contribution in [2.24, 2.45) is 5.73 Å². The van der Waals surface area contributed by atoms with Gasteiger partial charge in [-0.3, -0.25) is 4.79 Å². The number of halogens is 1. The fourth-order valence-electron chi connectivity index (χ4n) is 1.25. The highest BCUT2D eigenvalue weighted by atomic mass is 35.5. The summed E-state index contributed by atoms with van der Waals surface area (Å²) in [4.78, 5) is 15.6. The van der Waals surface area contributed by atoms with Gasteiger partial charge >= 0.3 is 0 Å². The Balaban J connectivity index is 0.00000256. The average Bonchev–Trinajstić information content (AvgIpc) is 2.75. The van der Waals surface area contributed by atoms with Gasteiger partial charge < -0.3 is 16.2 Å². The van der Waals surface area contributed by atoms with E-state index in [1.807, 2.05) is 6.92 Å². The highest BCUT2D eigenvalue weighted by Crippen LogP contribution is 2.08. The first kappa shape index (κ1) is 16.3. The average molecular weight is 280 g/mol. The Labute approximate surface area is 111 Å². The molecule has 0 radical (unpaired) electrons. The van der Waals surface area contributed by atoms with Crippen LogP contribution in [0.25, 0.3) is 0 Å². The van der Waals surface area contributed by atoms with Gasteiger partial charge in [-0.05, 0) is 6.42 Å². The lowest BCUT2D eigenvalue weighted by Gasteiger charge is -2.09. The summed E-state index contributed by atoms with van der Waals surface area (Å²) in [5.41, 5.74) is 5.77. The van der Waals surface area contributed by atoms with Crippen molar-refractivity contribution >= 4 is 29.7 Å². The van der Waals surface area contributed by atoms with Gasteiger partial charge in [0.2, 0.25) is 0 Å². The van der Waals surface area contributed by atoms with Gasteiger partial charge in [0.05, 0.1) is 6.10 Å². The SMILES string of the molecule is CCCC(O)CNC(=O)c1csc(CN)n1.Cl. The lowest BCUT2D eigenvalue weighted by atomic mass is 10.2. The third kappa shape index (κ3) is 5.45. The smallest absolute Gasteiger partial charge is 0.270 e. The maximum absolute atomic E-state index is 11.6. The molecule has 0 bridgehead atoms. The van der Waals surface area contributed by atoms with Gasteiger partial charge in [-0.2, -0.15) is 0 Å². The first-order valence-electron chi connectivity index (χ1n) is 5.28. The van der Waals surface area contributed by atoms with Gasteiger partial charge in [-0.15, -0.1) is 23.7 Å². The summed E-state index contributed by atoms with van der Waals surface area (Å²) in [7, 11) is 0. The van der Waals surface area contributed by atoms with E-state index in [2.05, 4.69) is 10.3 Å². The quantitative estimate of drug-likeness (QED) is 0.722. The van der Waals surface area contributed by atoms with Crippen LogP contribution in [0.5, 0.6) is 0 Å². The van der Waals surface area contributed by atoms with Crippen LogP contribution in [0.4, 0.5) is 0 Å². The summed E-state index contributed by atoms with van der Waals surface area (Å²) in [6.07, 6.45) is 1.10. The van der Waals surface area contributed by atoms with Gasteiger partial charge in [0, 0.05) is 18.5 Å². The van der Waals surface area contributed by atoms with Gasteiger partial charge in [0.1, 0.15) is 10.7 Å². The molecule has 1 rings (SSSR count). The van der Waals surface area contributed by atoms with E-state index >= 15 is 0 Å². The zero-order valence-corrected chi connectivity index (χ0v) is 11.3. The topological polar surface area (TPSA) is 88.2 Å². The summed E-state index contributed by atoms with van der Waals surface area (Å²) in [6, 6.07) is 0. The molecule has 1 heterocycles. The maximum atomic E-state index is 11.6. The molecule has 0 aromatic carbocycles. The third-order valence-corrected chi connectivity index (χ3v) is 2.95. The molecule has 0 aliphatic carbocycles. The van der Waals surface area contributed by atoms with Crippen molar-refractivity contribution in [1.29, 1.82) is 0 Å². The van der Waals surface area contributed by atoms with Crippen LogP contribution < -0.4 is 11.1 Å². The van der Waals surface area contributed by atoms with Crippen LogP contribution in [-0.2, 0) is 6.54 Å². The zero-order valence-electron chi connectivity index (χ0n) is 9.68. The van der Waals surface area contributed by atoms with E-state index in [0.717, 1.165) is 11.4 Å². The maximum Gasteiger partial charge on any atom is 0.270 e. The van der Waals surface area contributed by atoms with E-state index < -0.39 is 6.10 Å². The van der Waals surface area contributed by atoms with Crippen LogP contribution in [0.2, 0.25) is 0 Å². The number of hydrogen-bond acceptors (Lipinski definition) is 5. The number of aliphatic hydroxyl groups excluding tert-OH is 1. The fourth-order valence-corrected chi connectivity index (χ4v) is 1.90. The molecular formula is C10H18ClN3O2S. The first-order valence-corrected chi connectivity index (χ1v) is 6.16. The molecule has 98 valence electrons. The van der Waals surface area contributed by atoms with Gasteiger partial charge in [-0.25, -0.2) is 4.98 Å². The molecule has 1 aromatic heterocycles. The molecule has 17 heavy (non-hydrogen) atoms. The number of hydrogen-bond donors (Lipinski definition) is 3. The molecule has 0 saturated heterocycles. The number of nitrogens with two attached hydrogens (primary N) is 1. The second-order valence-corrected chi connectivity index (χ2v) is 4.43. The minimum atomic E-state index is -0.485. The molecule has 5 nitrogen and oxygen atoms in total. The fraction of sp³-hybridized carbons (Fsp3) is 0.600. The van der Waals surface area contributed by atoms with Gasteiger partial charge in [-0.1, -0.05) is 13.3 Å². The molecule has 0 aliphatic heterocycles. The number of amides is 1. The van der Waals surface area contributed by atoms with Crippen molar-refractivity contribution in [2.45, 2.75) is 32.4 Å². The minimum absolute atomic E-state index is 0. The van der Waals surface area contributed by atoms with Gasteiger partial charge in [0.15, 0.2) is 0 Å². The number of carbonyl (C=O) groups is 1.